The maximum atomic E-state index is 12.5. The van der Waals surface area contributed by atoms with Crippen LogP contribution in [0.4, 0.5) is 0 Å². The van der Waals surface area contributed by atoms with Crippen molar-refractivity contribution in [3.63, 3.8) is 0 Å². The molecule has 0 fully saturated rings. The van der Waals surface area contributed by atoms with Crippen molar-refractivity contribution in [1.29, 1.82) is 0 Å². The van der Waals surface area contributed by atoms with Crippen LogP contribution < -0.4 is 10.0 Å². The molecule has 30 heavy (non-hydrogen) atoms. The van der Waals surface area contributed by atoms with Crippen LogP contribution in [0.15, 0.2) is 77.7 Å². The molecule has 3 aromatic rings. The van der Waals surface area contributed by atoms with Gasteiger partial charge in [0.25, 0.3) is 5.91 Å². The number of nitrogens with one attached hydrogen (secondary N) is 2. The van der Waals surface area contributed by atoms with Crippen molar-refractivity contribution in [2.24, 2.45) is 0 Å². The molecule has 1 atom stereocenters. The maximum absolute atomic E-state index is 12.5. The van der Waals surface area contributed by atoms with Crippen LogP contribution in [0.1, 0.15) is 12.5 Å². The van der Waals surface area contributed by atoms with E-state index in [1.165, 1.54) is 19.1 Å². The van der Waals surface area contributed by atoms with Crippen LogP contribution in [0, 0.1) is 0 Å². The largest absolute Gasteiger partial charge is 0.452 e. The number of sulfonamides is 1. The summed E-state index contributed by atoms with van der Waals surface area (Å²) in [7, 11) is -3.90. The van der Waals surface area contributed by atoms with Gasteiger partial charge in [-0.05, 0) is 35.4 Å². The number of carbonyl (C=O) groups is 2. The van der Waals surface area contributed by atoms with Crippen LogP contribution in [0.25, 0.3) is 10.8 Å². The topological polar surface area (TPSA) is 102 Å². The number of amides is 1. The highest BCUT2D eigenvalue weighted by Crippen LogP contribution is 2.18. The molecule has 0 heterocycles. The minimum Gasteiger partial charge on any atom is -0.452 e. The Bertz CT molecular complexity index is 1150. The smallest absolute Gasteiger partial charge is 0.321 e. The van der Waals surface area contributed by atoms with Gasteiger partial charge in [0.15, 0.2) is 6.10 Å². The van der Waals surface area contributed by atoms with E-state index in [9.17, 15) is 18.0 Å². The maximum Gasteiger partial charge on any atom is 0.321 e. The Labute approximate surface area is 175 Å². The fourth-order valence-corrected chi connectivity index (χ4v) is 3.80. The Morgan fingerprint density at radius 3 is 2.33 bits per heavy atom. The Hall–Kier alpha value is -3.23. The third kappa shape index (κ3) is 5.65. The number of ether oxygens (including phenoxy) is 1. The zero-order chi connectivity index (χ0) is 21.6. The molecule has 0 spiro atoms. The van der Waals surface area contributed by atoms with Gasteiger partial charge in [0.1, 0.15) is 6.54 Å². The van der Waals surface area contributed by atoms with E-state index < -0.39 is 34.5 Å². The first kappa shape index (κ1) is 21.5. The summed E-state index contributed by atoms with van der Waals surface area (Å²) in [5, 5.41) is 4.34. The molecule has 0 saturated heterocycles. The first-order chi connectivity index (χ1) is 14.3. The van der Waals surface area contributed by atoms with Gasteiger partial charge in [-0.1, -0.05) is 60.7 Å². The molecule has 0 aliphatic heterocycles. The molecule has 3 aromatic carbocycles. The summed E-state index contributed by atoms with van der Waals surface area (Å²) in [6.07, 6.45) is -1.05. The highest BCUT2D eigenvalue weighted by Gasteiger charge is 2.20. The van der Waals surface area contributed by atoms with Crippen LogP contribution in [-0.2, 0) is 30.9 Å². The Morgan fingerprint density at radius 1 is 0.933 bits per heavy atom. The Balaban J connectivity index is 1.51. The summed E-state index contributed by atoms with van der Waals surface area (Å²) in [4.78, 5) is 24.1. The molecule has 7 nitrogen and oxygen atoms in total. The van der Waals surface area contributed by atoms with Crippen LogP contribution in [0.3, 0.4) is 0 Å². The average molecular weight is 426 g/mol. The predicted octanol–water partition coefficient (Wildman–Crippen LogP) is 2.37. The lowest BCUT2D eigenvalue weighted by molar-refractivity contribution is -0.153. The minimum atomic E-state index is -3.90. The fraction of sp³-hybridized carbons (Fsp3) is 0.182. The van der Waals surface area contributed by atoms with Crippen molar-refractivity contribution in [2.75, 3.05) is 6.54 Å². The second-order valence-corrected chi connectivity index (χ2v) is 8.44. The quantitative estimate of drug-likeness (QED) is 0.539. The van der Waals surface area contributed by atoms with Gasteiger partial charge in [0.2, 0.25) is 10.0 Å². The molecular weight excluding hydrogens is 404 g/mol. The van der Waals surface area contributed by atoms with E-state index in [0.29, 0.717) is 6.54 Å². The molecule has 3 rings (SSSR count). The molecular formula is C22H22N2O5S. The van der Waals surface area contributed by atoms with Gasteiger partial charge in [-0.25, -0.2) is 8.42 Å². The number of fused-ring (bicyclic) bond motifs is 1. The Morgan fingerprint density at radius 2 is 1.60 bits per heavy atom. The van der Waals surface area contributed by atoms with Crippen LogP contribution in [0.5, 0.6) is 0 Å². The zero-order valence-corrected chi connectivity index (χ0v) is 17.2. The van der Waals surface area contributed by atoms with E-state index in [1.807, 2.05) is 48.5 Å². The number of esters is 1. The SMILES string of the molecule is C[C@@H](OC(=O)CNS(=O)(=O)c1ccc2ccccc2c1)C(=O)NCc1ccccc1. The number of rotatable bonds is 8. The summed E-state index contributed by atoms with van der Waals surface area (Å²) in [6.45, 7) is 1.15. The first-order valence-corrected chi connectivity index (χ1v) is 10.8. The van der Waals surface area contributed by atoms with E-state index in [2.05, 4.69) is 10.0 Å². The van der Waals surface area contributed by atoms with Gasteiger partial charge in [-0.2, -0.15) is 4.72 Å². The predicted molar refractivity (Wildman–Crippen MR) is 113 cm³/mol. The van der Waals surface area contributed by atoms with E-state index in [-0.39, 0.29) is 4.90 Å². The molecule has 0 radical (unpaired) electrons. The summed E-state index contributed by atoms with van der Waals surface area (Å²) < 4.78 is 32.2. The molecule has 0 aliphatic carbocycles. The second kappa shape index (κ2) is 9.51. The number of carbonyl (C=O) groups excluding carboxylic acids is 2. The van der Waals surface area contributed by atoms with Crippen molar-refractivity contribution in [3.05, 3.63) is 78.4 Å². The first-order valence-electron chi connectivity index (χ1n) is 9.35. The van der Waals surface area contributed by atoms with Crippen LogP contribution >= 0.6 is 0 Å². The summed E-state index contributed by atoms with van der Waals surface area (Å²) in [5.41, 5.74) is 0.910. The lowest BCUT2D eigenvalue weighted by Gasteiger charge is -2.14. The van der Waals surface area contributed by atoms with E-state index in [1.54, 1.807) is 12.1 Å². The van der Waals surface area contributed by atoms with Gasteiger partial charge < -0.3 is 10.1 Å². The zero-order valence-electron chi connectivity index (χ0n) is 16.4. The molecule has 0 bridgehead atoms. The molecule has 1 amide bonds. The van der Waals surface area contributed by atoms with E-state index >= 15 is 0 Å². The Kier molecular flexibility index (Phi) is 6.81. The summed E-state index contributed by atoms with van der Waals surface area (Å²) in [5.74, 6) is -1.31. The highest BCUT2D eigenvalue weighted by atomic mass is 32.2. The molecule has 156 valence electrons. The van der Waals surface area contributed by atoms with E-state index in [0.717, 1.165) is 16.3 Å². The molecule has 0 unspecified atom stereocenters. The lowest BCUT2D eigenvalue weighted by Crippen LogP contribution is -2.38. The van der Waals surface area contributed by atoms with Crippen molar-refractivity contribution in [3.8, 4) is 0 Å². The summed E-state index contributed by atoms with van der Waals surface area (Å²) in [6, 6.07) is 21.3. The molecule has 0 aliphatic rings. The molecule has 2 N–H and O–H groups in total. The molecule has 8 heteroatoms. The van der Waals surface area contributed by atoms with Crippen molar-refractivity contribution in [1.82, 2.24) is 10.0 Å². The van der Waals surface area contributed by atoms with Gasteiger partial charge in [0.05, 0.1) is 4.90 Å². The molecule has 0 saturated carbocycles. The number of benzene rings is 3. The third-order valence-electron chi connectivity index (χ3n) is 4.42. The van der Waals surface area contributed by atoms with E-state index in [4.69, 9.17) is 4.74 Å². The number of hydrogen-bond donors (Lipinski definition) is 2. The second-order valence-electron chi connectivity index (χ2n) is 6.67. The van der Waals surface area contributed by atoms with Crippen molar-refractivity contribution in [2.45, 2.75) is 24.5 Å². The van der Waals surface area contributed by atoms with Gasteiger partial charge in [-0.3, -0.25) is 9.59 Å². The lowest BCUT2D eigenvalue weighted by atomic mass is 10.1. The van der Waals surface area contributed by atoms with Gasteiger partial charge in [-0.15, -0.1) is 0 Å². The monoisotopic (exact) mass is 426 g/mol. The normalized spacial score (nSPS) is 12.3. The minimum absolute atomic E-state index is 0.0441. The third-order valence-corrected chi connectivity index (χ3v) is 5.82. The standard InChI is InChI=1S/C22H22N2O5S/c1-16(22(26)23-14-17-7-3-2-4-8-17)29-21(25)15-24-30(27,28)20-12-11-18-9-5-6-10-19(18)13-20/h2-13,16,24H,14-15H2,1H3,(H,23,26)/t16-/m1/s1. The summed E-state index contributed by atoms with van der Waals surface area (Å²) >= 11 is 0. The van der Waals surface area contributed by atoms with Gasteiger partial charge in [0, 0.05) is 6.54 Å². The van der Waals surface area contributed by atoms with Crippen molar-refractivity contribution >= 4 is 32.7 Å². The van der Waals surface area contributed by atoms with Crippen LogP contribution in [-0.4, -0.2) is 32.9 Å². The molecule has 0 aromatic heterocycles. The average Bonchev–Trinajstić information content (AvgIpc) is 2.76. The fourth-order valence-electron chi connectivity index (χ4n) is 2.79. The highest BCUT2D eigenvalue weighted by molar-refractivity contribution is 7.89. The van der Waals surface area contributed by atoms with Crippen molar-refractivity contribution < 1.29 is 22.7 Å². The van der Waals surface area contributed by atoms with Crippen LogP contribution in [0.2, 0.25) is 0 Å². The van der Waals surface area contributed by atoms with Gasteiger partial charge >= 0.3 is 5.97 Å². The number of hydrogen-bond acceptors (Lipinski definition) is 5.